The van der Waals surface area contributed by atoms with Crippen molar-refractivity contribution in [2.75, 3.05) is 7.11 Å². The van der Waals surface area contributed by atoms with E-state index in [2.05, 4.69) is 20.7 Å². The summed E-state index contributed by atoms with van der Waals surface area (Å²) in [6, 6.07) is 7.32. The van der Waals surface area contributed by atoms with Crippen molar-refractivity contribution in [1.29, 1.82) is 0 Å². The van der Waals surface area contributed by atoms with Gasteiger partial charge in [-0.1, -0.05) is 22.9 Å². The molecule has 0 amide bonds. The summed E-state index contributed by atoms with van der Waals surface area (Å²) < 4.78 is 11.1. The van der Waals surface area contributed by atoms with Gasteiger partial charge in [0, 0.05) is 4.47 Å². The topological polar surface area (TPSA) is 35.5 Å². The molecular weight excluding hydrogens is 260 g/mol. The third-order valence-electron chi connectivity index (χ3n) is 1.93. The van der Waals surface area contributed by atoms with E-state index in [-0.39, 0.29) is 5.97 Å². The molecule has 82 valence electrons. The number of carbonyl (C=O) groups is 1. The standard InChI is InChI=1S/C11H13BrO3/c1-3-10(11(13)14-2)15-9-6-4-8(12)5-7-9/h4-7,10H,3H2,1-2H3. The molecule has 1 unspecified atom stereocenters. The third-order valence-corrected chi connectivity index (χ3v) is 2.46. The van der Waals surface area contributed by atoms with Gasteiger partial charge in [0.2, 0.25) is 0 Å². The van der Waals surface area contributed by atoms with Crippen LogP contribution in [0.5, 0.6) is 5.75 Å². The van der Waals surface area contributed by atoms with Gasteiger partial charge in [0.1, 0.15) is 5.75 Å². The summed E-state index contributed by atoms with van der Waals surface area (Å²) in [6.07, 6.45) is 0.0547. The van der Waals surface area contributed by atoms with E-state index in [0.29, 0.717) is 12.2 Å². The highest BCUT2D eigenvalue weighted by Crippen LogP contribution is 2.18. The molecule has 3 nitrogen and oxygen atoms in total. The van der Waals surface area contributed by atoms with Crippen LogP contribution in [0.1, 0.15) is 13.3 Å². The predicted molar refractivity (Wildman–Crippen MR) is 60.9 cm³/mol. The second kappa shape index (κ2) is 5.75. The number of hydrogen-bond donors (Lipinski definition) is 0. The molecule has 0 bridgehead atoms. The van der Waals surface area contributed by atoms with Crippen molar-refractivity contribution in [3.63, 3.8) is 0 Å². The van der Waals surface area contributed by atoms with Gasteiger partial charge >= 0.3 is 5.97 Å². The van der Waals surface area contributed by atoms with Crippen molar-refractivity contribution in [2.45, 2.75) is 19.4 Å². The van der Waals surface area contributed by atoms with E-state index in [9.17, 15) is 4.79 Å². The zero-order valence-corrected chi connectivity index (χ0v) is 10.3. The van der Waals surface area contributed by atoms with Crippen LogP contribution in [0.3, 0.4) is 0 Å². The quantitative estimate of drug-likeness (QED) is 0.791. The zero-order valence-electron chi connectivity index (χ0n) is 8.70. The lowest BCUT2D eigenvalue weighted by Crippen LogP contribution is -2.27. The SMILES string of the molecule is CCC(Oc1ccc(Br)cc1)C(=O)OC. The van der Waals surface area contributed by atoms with Crippen LogP contribution in [0.2, 0.25) is 0 Å². The largest absolute Gasteiger partial charge is 0.479 e. The molecule has 0 aliphatic rings. The van der Waals surface area contributed by atoms with Crippen molar-refractivity contribution < 1.29 is 14.3 Å². The van der Waals surface area contributed by atoms with E-state index in [4.69, 9.17) is 4.74 Å². The number of benzene rings is 1. The maximum Gasteiger partial charge on any atom is 0.347 e. The lowest BCUT2D eigenvalue weighted by atomic mass is 10.2. The number of hydrogen-bond acceptors (Lipinski definition) is 3. The highest BCUT2D eigenvalue weighted by atomic mass is 79.9. The fraction of sp³-hybridized carbons (Fsp3) is 0.364. The van der Waals surface area contributed by atoms with Crippen LogP contribution in [-0.4, -0.2) is 19.2 Å². The van der Waals surface area contributed by atoms with Crippen LogP contribution in [0.25, 0.3) is 0 Å². The monoisotopic (exact) mass is 272 g/mol. The summed E-state index contributed by atoms with van der Waals surface area (Å²) in [5.41, 5.74) is 0. The van der Waals surface area contributed by atoms with Gasteiger partial charge in [-0.3, -0.25) is 0 Å². The minimum absolute atomic E-state index is 0.347. The van der Waals surface area contributed by atoms with Crippen molar-refractivity contribution in [1.82, 2.24) is 0 Å². The Morgan fingerprint density at radius 3 is 2.47 bits per heavy atom. The number of carbonyl (C=O) groups excluding carboxylic acids is 1. The fourth-order valence-corrected chi connectivity index (χ4v) is 1.37. The first kappa shape index (κ1) is 12.0. The van der Waals surface area contributed by atoms with Gasteiger partial charge in [-0.15, -0.1) is 0 Å². The Balaban J connectivity index is 2.66. The van der Waals surface area contributed by atoms with E-state index in [1.807, 2.05) is 19.1 Å². The maximum absolute atomic E-state index is 11.3. The molecule has 4 heteroatoms. The molecule has 0 saturated carbocycles. The van der Waals surface area contributed by atoms with Gasteiger partial charge < -0.3 is 9.47 Å². The smallest absolute Gasteiger partial charge is 0.347 e. The third kappa shape index (κ3) is 3.55. The Kier molecular flexibility index (Phi) is 4.62. The van der Waals surface area contributed by atoms with Gasteiger partial charge in [-0.2, -0.15) is 0 Å². The average Bonchev–Trinajstić information content (AvgIpc) is 2.27. The normalized spacial score (nSPS) is 11.9. The Hall–Kier alpha value is -1.03. The van der Waals surface area contributed by atoms with E-state index in [1.165, 1.54) is 7.11 Å². The molecule has 1 rings (SSSR count). The molecular formula is C11H13BrO3. The van der Waals surface area contributed by atoms with E-state index < -0.39 is 6.10 Å². The lowest BCUT2D eigenvalue weighted by Gasteiger charge is -2.14. The first-order valence-electron chi connectivity index (χ1n) is 4.67. The summed E-state index contributed by atoms with van der Waals surface area (Å²) in [5, 5.41) is 0. The Morgan fingerprint density at radius 2 is 2.00 bits per heavy atom. The second-order valence-electron chi connectivity index (χ2n) is 2.99. The molecule has 1 aromatic carbocycles. The molecule has 0 fully saturated rings. The van der Waals surface area contributed by atoms with Gasteiger partial charge in [0.15, 0.2) is 6.10 Å². The van der Waals surface area contributed by atoms with Crippen LogP contribution < -0.4 is 4.74 Å². The van der Waals surface area contributed by atoms with Crippen molar-refractivity contribution >= 4 is 21.9 Å². The van der Waals surface area contributed by atoms with Crippen LogP contribution in [0.4, 0.5) is 0 Å². The molecule has 1 atom stereocenters. The number of esters is 1. The molecule has 0 saturated heterocycles. The first-order valence-corrected chi connectivity index (χ1v) is 5.46. The Bertz CT molecular complexity index is 321. The number of rotatable bonds is 4. The van der Waals surface area contributed by atoms with E-state index in [1.54, 1.807) is 12.1 Å². The van der Waals surface area contributed by atoms with E-state index in [0.717, 1.165) is 4.47 Å². The molecule has 0 heterocycles. The Morgan fingerprint density at radius 1 is 1.40 bits per heavy atom. The van der Waals surface area contributed by atoms with Gasteiger partial charge in [0.25, 0.3) is 0 Å². The summed E-state index contributed by atoms with van der Waals surface area (Å²) in [5.74, 6) is 0.316. The number of ether oxygens (including phenoxy) is 2. The lowest BCUT2D eigenvalue weighted by molar-refractivity contribution is -0.148. The van der Waals surface area contributed by atoms with Crippen LogP contribution in [0, 0.1) is 0 Å². The van der Waals surface area contributed by atoms with Gasteiger partial charge in [-0.05, 0) is 30.7 Å². The summed E-state index contributed by atoms with van der Waals surface area (Å²) >= 11 is 3.32. The minimum atomic E-state index is -0.531. The summed E-state index contributed by atoms with van der Waals surface area (Å²) in [6.45, 7) is 1.88. The number of methoxy groups -OCH3 is 1. The van der Waals surface area contributed by atoms with Gasteiger partial charge in [-0.25, -0.2) is 4.79 Å². The maximum atomic E-state index is 11.3. The average molecular weight is 273 g/mol. The predicted octanol–water partition coefficient (Wildman–Crippen LogP) is 2.78. The molecule has 1 aromatic rings. The molecule has 0 N–H and O–H groups in total. The van der Waals surface area contributed by atoms with Crippen LogP contribution >= 0.6 is 15.9 Å². The van der Waals surface area contributed by atoms with Crippen molar-refractivity contribution in [3.05, 3.63) is 28.7 Å². The Labute approximate surface area is 97.5 Å². The highest BCUT2D eigenvalue weighted by molar-refractivity contribution is 9.10. The molecule has 0 radical (unpaired) electrons. The van der Waals surface area contributed by atoms with Crippen LogP contribution in [0.15, 0.2) is 28.7 Å². The van der Waals surface area contributed by atoms with Crippen molar-refractivity contribution in [2.24, 2.45) is 0 Å². The molecule has 0 aliphatic carbocycles. The molecule has 0 aromatic heterocycles. The first-order chi connectivity index (χ1) is 7.17. The fourth-order valence-electron chi connectivity index (χ4n) is 1.11. The molecule has 0 aliphatic heterocycles. The highest BCUT2D eigenvalue weighted by Gasteiger charge is 2.18. The summed E-state index contributed by atoms with van der Waals surface area (Å²) in [7, 11) is 1.36. The van der Waals surface area contributed by atoms with E-state index >= 15 is 0 Å². The van der Waals surface area contributed by atoms with Crippen molar-refractivity contribution in [3.8, 4) is 5.75 Å². The van der Waals surface area contributed by atoms with Crippen LogP contribution in [-0.2, 0) is 9.53 Å². The molecule has 15 heavy (non-hydrogen) atoms. The summed E-state index contributed by atoms with van der Waals surface area (Å²) in [4.78, 5) is 11.3. The zero-order chi connectivity index (χ0) is 11.3. The number of halogens is 1. The molecule has 0 spiro atoms. The second-order valence-corrected chi connectivity index (χ2v) is 3.91. The minimum Gasteiger partial charge on any atom is -0.479 e. The van der Waals surface area contributed by atoms with Gasteiger partial charge in [0.05, 0.1) is 7.11 Å².